The number of aliphatic hydroxyl groups is 1. The van der Waals surface area contributed by atoms with Crippen molar-refractivity contribution in [2.75, 3.05) is 32.8 Å². The zero-order chi connectivity index (χ0) is 26.7. The second-order valence-electron chi connectivity index (χ2n) is 9.31. The van der Waals surface area contributed by atoms with Crippen molar-refractivity contribution in [1.82, 2.24) is 19.2 Å². The minimum Gasteiger partial charge on any atom is -0.505 e. The van der Waals surface area contributed by atoms with E-state index in [1.165, 1.54) is 0 Å². The van der Waals surface area contributed by atoms with Crippen LogP contribution in [-0.4, -0.2) is 68.8 Å². The van der Waals surface area contributed by atoms with Gasteiger partial charge in [0.2, 0.25) is 0 Å². The van der Waals surface area contributed by atoms with Crippen molar-refractivity contribution in [3.63, 3.8) is 0 Å². The highest BCUT2D eigenvalue weighted by Gasteiger charge is 2.46. The molecule has 1 aromatic carbocycles. The maximum Gasteiger partial charge on any atom is 0.295 e. The molecule has 1 amide bonds. The smallest absolute Gasteiger partial charge is 0.295 e. The van der Waals surface area contributed by atoms with Crippen molar-refractivity contribution in [3.05, 3.63) is 70.7 Å². The van der Waals surface area contributed by atoms with Crippen LogP contribution in [0.15, 0.2) is 48.2 Å². The molecule has 1 fully saturated rings. The van der Waals surface area contributed by atoms with Crippen LogP contribution in [-0.2, 0) is 9.59 Å². The number of nitrogens with zero attached hydrogens (tertiary/aromatic N) is 4. The number of fused-ring (bicyclic) bond motifs is 1. The van der Waals surface area contributed by atoms with Gasteiger partial charge in [0, 0.05) is 12.7 Å². The van der Waals surface area contributed by atoms with Gasteiger partial charge >= 0.3 is 0 Å². The fraction of sp³-hybridized carbons (Fsp3) is 0.414. The normalized spacial score (nSPS) is 17.4. The van der Waals surface area contributed by atoms with Crippen molar-refractivity contribution < 1.29 is 19.4 Å². The van der Waals surface area contributed by atoms with E-state index in [0.29, 0.717) is 35.9 Å². The first-order valence-corrected chi connectivity index (χ1v) is 13.0. The highest BCUT2D eigenvalue weighted by Crippen LogP contribution is 2.40. The van der Waals surface area contributed by atoms with Crippen LogP contribution < -0.4 is 4.74 Å². The van der Waals surface area contributed by atoms with Crippen molar-refractivity contribution in [2.45, 2.75) is 47.1 Å². The van der Waals surface area contributed by atoms with Crippen molar-refractivity contribution in [2.24, 2.45) is 0 Å². The van der Waals surface area contributed by atoms with Crippen LogP contribution in [0.3, 0.4) is 0 Å². The topological polar surface area (TPSA) is 87.4 Å². The molecule has 0 saturated carbocycles. The van der Waals surface area contributed by atoms with Gasteiger partial charge in [0.1, 0.15) is 17.1 Å². The van der Waals surface area contributed by atoms with Crippen LogP contribution in [0.25, 0.3) is 11.4 Å². The predicted octanol–water partition coefficient (Wildman–Crippen LogP) is 4.50. The number of pyridine rings is 1. The molecule has 3 aromatic rings. The Kier molecular flexibility index (Phi) is 7.97. The lowest BCUT2D eigenvalue weighted by Gasteiger charge is -2.26. The first-order chi connectivity index (χ1) is 17.8. The molecule has 0 radical (unpaired) electrons. The van der Waals surface area contributed by atoms with Crippen LogP contribution >= 0.6 is 0 Å². The van der Waals surface area contributed by atoms with E-state index in [1.807, 2.05) is 67.8 Å². The van der Waals surface area contributed by atoms with Gasteiger partial charge in [0.25, 0.3) is 11.7 Å². The van der Waals surface area contributed by atoms with Gasteiger partial charge < -0.3 is 24.0 Å². The molecule has 3 heterocycles. The quantitative estimate of drug-likeness (QED) is 0.248. The number of imidazole rings is 1. The molecule has 1 atom stereocenters. The molecule has 0 aliphatic carbocycles. The first kappa shape index (κ1) is 26.4. The number of ether oxygens (including phenoxy) is 1. The second-order valence-corrected chi connectivity index (χ2v) is 9.31. The number of carbonyl (C=O) groups excluding carboxylic acids is 2. The summed E-state index contributed by atoms with van der Waals surface area (Å²) >= 11 is 0. The van der Waals surface area contributed by atoms with Gasteiger partial charge in [-0.3, -0.25) is 9.59 Å². The second kappa shape index (κ2) is 11.2. The Bertz CT molecular complexity index is 1320. The molecular formula is C29H36N4O4. The van der Waals surface area contributed by atoms with E-state index in [-0.39, 0.29) is 11.3 Å². The fourth-order valence-electron chi connectivity index (χ4n) is 5.05. The zero-order valence-corrected chi connectivity index (χ0v) is 22.3. The third kappa shape index (κ3) is 4.98. The molecule has 0 spiro atoms. The highest BCUT2D eigenvalue weighted by molar-refractivity contribution is 6.46. The van der Waals surface area contributed by atoms with Gasteiger partial charge in [-0.05, 0) is 76.2 Å². The number of ketones is 1. The van der Waals surface area contributed by atoms with E-state index in [2.05, 4.69) is 23.7 Å². The summed E-state index contributed by atoms with van der Waals surface area (Å²) in [5.74, 6) is -0.828. The van der Waals surface area contributed by atoms with Crippen LogP contribution in [0.1, 0.15) is 55.7 Å². The van der Waals surface area contributed by atoms with Gasteiger partial charge in [-0.15, -0.1) is 0 Å². The number of carbonyl (C=O) groups is 2. The van der Waals surface area contributed by atoms with Gasteiger partial charge in [0.05, 0.1) is 23.9 Å². The van der Waals surface area contributed by atoms with Crippen molar-refractivity contribution in [3.8, 4) is 5.75 Å². The predicted molar refractivity (Wildman–Crippen MR) is 144 cm³/mol. The average Bonchev–Trinajstić information content (AvgIpc) is 3.37. The van der Waals surface area contributed by atoms with Gasteiger partial charge in [0.15, 0.2) is 5.76 Å². The van der Waals surface area contributed by atoms with Crippen LogP contribution in [0.5, 0.6) is 5.75 Å². The Morgan fingerprint density at radius 2 is 1.78 bits per heavy atom. The number of likely N-dealkylation sites (tertiary alicyclic amines) is 1. The number of aliphatic hydroxyl groups excluding tert-OH is 1. The Balaban J connectivity index is 1.80. The van der Waals surface area contributed by atoms with Gasteiger partial charge in [-0.25, -0.2) is 4.98 Å². The van der Waals surface area contributed by atoms with Crippen molar-refractivity contribution in [1.29, 1.82) is 0 Å². The maximum absolute atomic E-state index is 13.4. The monoisotopic (exact) mass is 504 g/mol. The SMILES string of the molecule is CCOc1ccc(C2/C(=C(\O)c3nc4c(C)cccn4c3C)C(=O)C(=O)N2CCCN(CC)CC)cc1. The molecule has 8 nitrogen and oxygen atoms in total. The number of aryl methyl sites for hydroxylation is 2. The van der Waals surface area contributed by atoms with E-state index in [0.717, 1.165) is 37.2 Å². The summed E-state index contributed by atoms with van der Waals surface area (Å²) in [5.41, 5.74) is 3.48. The van der Waals surface area contributed by atoms with E-state index >= 15 is 0 Å². The van der Waals surface area contributed by atoms with Gasteiger partial charge in [-0.2, -0.15) is 0 Å². The average molecular weight is 505 g/mol. The summed E-state index contributed by atoms with van der Waals surface area (Å²) in [6.45, 7) is 13.5. The lowest BCUT2D eigenvalue weighted by atomic mass is 9.96. The molecule has 0 bridgehead atoms. The van der Waals surface area contributed by atoms with Crippen LogP contribution in [0.2, 0.25) is 0 Å². The molecule has 37 heavy (non-hydrogen) atoms. The number of hydrogen-bond acceptors (Lipinski definition) is 6. The summed E-state index contributed by atoms with van der Waals surface area (Å²) in [5, 5.41) is 11.5. The van der Waals surface area contributed by atoms with E-state index in [9.17, 15) is 14.7 Å². The first-order valence-electron chi connectivity index (χ1n) is 13.0. The highest BCUT2D eigenvalue weighted by atomic mass is 16.5. The molecule has 196 valence electrons. The summed E-state index contributed by atoms with van der Waals surface area (Å²) in [4.78, 5) is 35.2. The maximum atomic E-state index is 13.4. The molecule has 1 aliphatic heterocycles. The Morgan fingerprint density at radius 1 is 1.08 bits per heavy atom. The molecule has 8 heteroatoms. The number of Topliss-reactive ketones (excluding diaryl/α,β-unsaturated/α-hetero) is 1. The number of benzene rings is 1. The van der Waals surface area contributed by atoms with E-state index in [1.54, 1.807) is 4.90 Å². The van der Waals surface area contributed by atoms with Gasteiger partial charge in [-0.1, -0.05) is 32.0 Å². The van der Waals surface area contributed by atoms with E-state index < -0.39 is 17.7 Å². The largest absolute Gasteiger partial charge is 0.505 e. The van der Waals surface area contributed by atoms with Crippen LogP contribution in [0, 0.1) is 13.8 Å². The third-order valence-corrected chi connectivity index (χ3v) is 7.12. The minimum atomic E-state index is -0.710. The van der Waals surface area contributed by atoms with Crippen molar-refractivity contribution >= 4 is 23.1 Å². The van der Waals surface area contributed by atoms with Crippen LogP contribution in [0.4, 0.5) is 0 Å². The number of amides is 1. The standard InChI is InChI=1S/C29H36N4O4/c1-6-31(7-2)16-10-18-33-25(21-12-14-22(15-13-21)37-8-3)23(27(35)29(33)36)26(34)24-20(5)32-17-9-11-19(4)28(32)30-24/h9,11-15,17,25,34H,6-8,10,16,18H2,1-5H3/b26-23+. The summed E-state index contributed by atoms with van der Waals surface area (Å²) in [6.07, 6.45) is 2.59. The lowest BCUT2D eigenvalue weighted by Crippen LogP contribution is -2.33. The summed E-state index contributed by atoms with van der Waals surface area (Å²) in [7, 11) is 0. The lowest BCUT2D eigenvalue weighted by molar-refractivity contribution is -0.140. The number of aromatic nitrogens is 2. The third-order valence-electron chi connectivity index (χ3n) is 7.12. The molecule has 1 unspecified atom stereocenters. The molecule has 1 aliphatic rings. The Morgan fingerprint density at radius 3 is 2.41 bits per heavy atom. The zero-order valence-electron chi connectivity index (χ0n) is 22.3. The van der Waals surface area contributed by atoms with E-state index in [4.69, 9.17) is 4.74 Å². The number of hydrogen-bond donors (Lipinski definition) is 1. The fourth-order valence-corrected chi connectivity index (χ4v) is 5.05. The summed E-state index contributed by atoms with van der Waals surface area (Å²) < 4.78 is 7.47. The molecule has 4 rings (SSSR count). The Labute approximate surface area is 218 Å². The molecule has 1 N–H and O–H groups in total. The minimum absolute atomic E-state index is 0.0705. The number of rotatable bonds is 10. The molecular weight excluding hydrogens is 468 g/mol. The molecule has 2 aromatic heterocycles. The molecule has 1 saturated heterocycles. The Hall–Kier alpha value is -3.65. The summed E-state index contributed by atoms with van der Waals surface area (Å²) in [6, 6.07) is 10.5.